The maximum Gasteiger partial charge on any atom is 0.325 e. The van der Waals surface area contributed by atoms with E-state index in [1.807, 2.05) is 0 Å². The van der Waals surface area contributed by atoms with E-state index in [0.29, 0.717) is 0 Å². The summed E-state index contributed by atoms with van der Waals surface area (Å²) in [6.45, 7) is 0.905. The zero-order chi connectivity index (χ0) is 6.97. The Bertz CT molecular complexity index is 269. The maximum absolute atomic E-state index is 10.9. The lowest BCUT2D eigenvalue weighted by molar-refractivity contribution is 0.608. The van der Waals surface area contributed by atoms with Crippen molar-refractivity contribution in [3.05, 3.63) is 22.9 Å². The van der Waals surface area contributed by atoms with Crippen LogP contribution in [0.15, 0.2) is 17.2 Å². The van der Waals surface area contributed by atoms with Gasteiger partial charge in [0.05, 0.1) is 0 Å². The third-order valence-electron chi connectivity index (χ3n) is 1.87. The third-order valence-corrected chi connectivity index (χ3v) is 1.87. The SMILES string of the molecule is O=c1[nH]ccn1CC1CC1. The van der Waals surface area contributed by atoms with Crippen molar-refractivity contribution in [2.24, 2.45) is 5.92 Å². The van der Waals surface area contributed by atoms with E-state index in [2.05, 4.69) is 4.98 Å². The number of imidazole rings is 1. The standard InChI is InChI=1S/C7H10N2O/c10-7-8-3-4-9(7)5-6-1-2-6/h3-4,6H,1-2,5H2,(H,8,10). The Hall–Kier alpha value is -0.990. The number of rotatable bonds is 2. The van der Waals surface area contributed by atoms with Gasteiger partial charge in [-0.25, -0.2) is 4.79 Å². The molecule has 1 aliphatic carbocycles. The molecule has 0 radical (unpaired) electrons. The molecule has 54 valence electrons. The molecule has 2 rings (SSSR count). The fraction of sp³-hybridized carbons (Fsp3) is 0.571. The van der Waals surface area contributed by atoms with Crippen LogP contribution in [0, 0.1) is 5.92 Å². The monoisotopic (exact) mass is 138 g/mol. The predicted molar refractivity (Wildman–Crippen MR) is 37.8 cm³/mol. The highest BCUT2D eigenvalue weighted by molar-refractivity contribution is 4.81. The molecule has 0 aromatic carbocycles. The zero-order valence-corrected chi connectivity index (χ0v) is 5.71. The van der Waals surface area contributed by atoms with Crippen LogP contribution in [0.2, 0.25) is 0 Å². The first-order valence-electron chi connectivity index (χ1n) is 3.60. The lowest BCUT2D eigenvalue weighted by Crippen LogP contribution is -2.16. The molecule has 0 bridgehead atoms. The summed E-state index contributed by atoms with van der Waals surface area (Å²) >= 11 is 0. The van der Waals surface area contributed by atoms with Gasteiger partial charge in [0, 0.05) is 18.9 Å². The second kappa shape index (κ2) is 2.01. The Morgan fingerprint density at radius 3 is 3.00 bits per heavy atom. The van der Waals surface area contributed by atoms with Crippen molar-refractivity contribution in [1.29, 1.82) is 0 Å². The average Bonchev–Trinajstić information content (AvgIpc) is 2.62. The normalized spacial score (nSPS) is 17.6. The molecule has 1 aliphatic rings. The maximum atomic E-state index is 10.9. The van der Waals surface area contributed by atoms with Gasteiger partial charge in [-0.1, -0.05) is 0 Å². The summed E-state index contributed by atoms with van der Waals surface area (Å²) in [5, 5.41) is 0. The molecule has 1 fully saturated rings. The Kier molecular flexibility index (Phi) is 1.16. The summed E-state index contributed by atoms with van der Waals surface area (Å²) in [5.41, 5.74) is 0.0203. The number of hydrogen-bond donors (Lipinski definition) is 1. The highest BCUT2D eigenvalue weighted by Gasteiger charge is 2.21. The first-order valence-corrected chi connectivity index (χ1v) is 3.60. The fourth-order valence-corrected chi connectivity index (χ4v) is 1.07. The van der Waals surface area contributed by atoms with Crippen LogP contribution in [-0.2, 0) is 6.54 Å². The summed E-state index contributed by atoms with van der Waals surface area (Å²) in [5.74, 6) is 0.772. The van der Waals surface area contributed by atoms with Crippen LogP contribution in [0.25, 0.3) is 0 Å². The van der Waals surface area contributed by atoms with Crippen molar-refractivity contribution in [2.75, 3.05) is 0 Å². The van der Waals surface area contributed by atoms with Crippen molar-refractivity contribution < 1.29 is 0 Å². The van der Waals surface area contributed by atoms with Crippen molar-refractivity contribution >= 4 is 0 Å². The van der Waals surface area contributed by atoms with Crippen LogP contribution < -0.4 is 5.69 Å². The van der Waals surface area contributed by atoms with Gasteiger partial charge in [0.25, 0.3) is 0 Å². The van der Waals surface area contributed by atoms with Gasteiger partial charge in [0.2, 0.25) is 0 Å². The second-order valence-corrected chi connectivity index (χ2v) is 2.86. The molecule has 1 aromatic heterocycles. The molecule has 3 heteroatoms. The van der Waals surface area contributed by atoms with E-state index in [4.69, 9.17) is 0 Å². The van der Waals surface area contributed by atoms with Gasteiger partial charge in [0.15, 0.2) is 0 Å². The lowest BCUT2D eigenvalue weighted by atomic mass is 10.4. The van der Waals surface area contributed by atoms with Crippen molar-refractivity contribution in [3.63, 3.8) is 0 Å². The molecule has 1 aromatic rings. The molecule has 0 spiro atoms. The molecule has 0 amide bonds. The Balaban J connectivity index is 2.16. The van der Waals surface area contributed by atoms with Gasteiger partial charge in [-0.15, -0.1) is 0 Å². The number of H-pyrrole nitrogens is 1. The molecule has 0 atom stereocenters. The molecule has 10 heavy (non-hydrogen) atoms. The average molecular weight is 138 g/mol. The quantitative estimate of drug-likeness (QED) is 0.638. The first-order chi connectivity index (χ1) is 4.86. The largest absolute Gasteiger partial charge is 0.325 e. The van der Waals surface area contributed by atoms with Gasteiger partial charge in [-0.3, -0.25) is 4.57 Å². The number of hydrogen-bond acceptors (Lipinski definition) is 1. The minimum atomic E-state index is 0.0203. The van der Waals surface area contributed by atoms with Crippen LogP contribution in [0.5, 0.6) is 0 Å². The van der Waals surface area contributed by atoms with Gasteiger partial charge in [0.1, 0.15) is 0 Å². The molecule has 1 saturated carbocycles. The van der Waals surface area contributed by atoms with Crippen molar-refractivity contribution in [1.82, 2.24) is 9.55 Å². The molecule has 0 aliphatic heterocycles. The highest BCUT2D eigenvalue weighted by atomic mass is 16.1. The number of aromatic amines is 1. The minimum Gasteiger partial charge on any atom is -0.313 e. The fourth-order valence-electron chi connectivity index (χ4n) is 1.07. The van der Waals surface area contributed by atoms with E-state index in [0.717, 1.165) is 12.5 Å². The highest BCUT2D eigenvalue weighted by Crippen LogP contribution is 2.29. The van der Waals surface area contributed by atoms with E-state index in [1.165, 1.54) is 12.8 Å². The smallest absolute Gasteiger partial charge is 0.313 e. The van der Waals surface area contributed by atoms with Crippen molar-refractivity contribution in [2.45, 2.75) is 19.4 Å². The van der Waals surface area contributed by atoms with Gasteiger partial charge in [-0.2, -0.15) is 0 Å². The summed E-state index contributed by atoms with van der Waals surface area (Å²) in [6, 6.07) is 0. The van der Waals surface area contributed by atoms with Crippen LogP contribution >= 0.6 is 0 Å². The zero-order valence-electron chi connectivity index (χ0n) is 5.71. The number of aromatic nitrogens is 2. The summed E-state index contributed by atoms with van der Waals surface area (Å²) in [6.07, 6.45) is 6.07. The van der Waals surface area contributed by atoms with E-state index < -0.39 is 0 Å². The van der Waals surface area contributed by atoms with E-state index in [1.54, 1.807) is 17.0 Å². The van der Waals surface area contributed by atoms with Gasteiger partial charge < -0.3 is 4.98 Å². The molecular weight excluding hydrogens is 128 g/mol. The molecule has 0 unspecified atom stereocenters. The Morgan fingerprint density at radius 1 is 1.70 bits per heavy atom. The second-order valence-electron chi connectivity index (χ2n) is 2.86. The number of nitrogens with zero attached hydrogens (tertiary/aromatic N) is 1. The third kappa shape index (κ3) is 0.988. The minimum absolute atomic E-state index is 0.0203. The van der Waals surface area contributed by atoms with Crippen LogP contribution in [0.1, 0.15) is 12.8 Å². The topological polar surface area (TPSA) is 37.8 Å². The first kappa shape index (κ1) is 5.77. The molecule has 1 heterocycles. The van der Waals surface area contributed by atoms with Crippen LogP contribution in [-0.4, -0.2) is 9.55 Å². The van der Waals surface area contributed by atoms with E-state index in [9.17, 15) is 4.79 Å². The van der Waals surface area contributed by atoms with Crippen LogP contribution in [0.3, 0.4) is 0 Å². The van der Waals surface area contributed by atoms with Crippen molar-refractivity contribution in [3.8, 4) is 0 Å². The van der Waals surface area contributed by atoms with Crippen LogP contribution in [0.4, 0.5) is 0 Å². The van der Waals surface area contributed by atoms with E-state index in [-0.39, 0.29) is 5.69 Å². The summed E-state index contributed by atoms with van der Waals surface area (Å²) in [7, 11) is 0. The van der Waals surface area contributed by atoms with Gasteiger partial charge >= 0.3 is 5.69 Å². The predicted octanol–water partition coefficient (Wildman–Crippen LogP) is 0.586. The van der Waals surface area contributed by atoms with Gasteiger partial charge in [-0.05, 0) is 18.8 Å². The molecule has 0 saturated heterocycles. The molecule has 3 nitrogen and oxygen atoms in total. The summed E-state index contributed by atoms with van der Waals surface area (Å²) < 4.78 is 1.73. The molecule has 1 N–H and O–H groups in total. The lowest BCUT2D eigenvalue weighted by Gasteiger charge is -1.94. The Morgan fingerprint density at radius 2 is 2.50 bits per heavy atom. The van der Waals surface area contributed by atoms with E-state index >= 15 is 0 Å². The Labute approximate surface area is 58.7 Å². The molecular formula is C7H10N2O. The number of nitrogens with one attached hydrogen (secondary N) is 1. The summed E-state index contributed by atoms with van der Waals surface area (Å²) in [4.78, 5) is 13.5.